The van der Waals surface area contributed by atoms with Crippen LogP contribution in [-0.2, 0) is 0 Å². The zero-order valence-corrected chi connectivity index (χ0v) is 12.7. The SMILES string of the molecule is CCCNC(c1nc(C)cs1)C1CCC(C)CC1. The van der Waals surface area contributed by atoms with Crippen molar-refractivity contribution in [3.63, 3.8) is 0 Å². The number of thiazole rings is 1. The minimum Gasteiger partial charge on any atom is -0.308 e. The van der Waals surface area contributed by atoms with E-state index in [1.54, 1.807) is 0 Å². The van der Waals surface area contributed by atoms with Crippen molar-refractivity contribution in [1.29, 1.82) is 0 Å². The lowest BCUT2D eigenvalue weighted by Crippen LogP contribution is -2.31. The normalized spacial score (nSPS) is 26.2. The first-order chi connectivity index (χ1) is 8.70. The third-order valence-electron chi connectivity index (χ3n) is 4.05. The fourth-order valence-corrected chi connectivity index (χ4v) is 3.85. The van der Waals surface area contributed by atoms with Crippen molar-refractivity contribution < 1.29 is 0 Å². The molecule has 1 atom stereocenters. The van der Waals surface area contributed by atoms with E-state index >= 15 is 0 Å². The minimum absolute atomic E-state index is 0.496. The molecule has 1 fully saturated rings. The van der Waals surface area contributed by atoms with Crippen molar-refractivity contribution in [2.24, 2.45) is 11.8 Å². The molecule has 1 saturated carbocycles. The van der Waals surface area contributed by atoms with Crippen LogP contribution in [0.4, 0.5) is 0 Å². The standard InChI is InChI=1S/C15H26N2S/c1-4-9-16-14(15-17-12(3)10-18-15)13-7-5-11(2)6-8-13/h10-11,13-14,16H,4-9H2,1-3H3. The van der Waals surface area contributed by atoms with Crippen molar-refractivity contribution >= 4 is 11.3 Å². The van der Waals surface area contributed by atoms with E-state index in [2.05, 4.69) is 31.5 Å². The Morgan fingerprint density at radius 1 is 1.39 bits per heavy atom. The van der Waals surface area contributed by atoms with E-state index in [4.69, 9.17) is 4.98 Å². The summed E-state index contributed by atoms with van der Waals surface area (Å²) in [6, 6.07) is 0.496. The average Bonchev–Trinajstić information content (AvgIpc) is 2.78. The molecule has 1 heterocycles. The number of rotatable bonds is 5. The fourth-order valence-electron chi connectivity index (χ4n) is 2.89. The van der Waals surface area contributed by atoms with E-state index in [-0.39, 0.29) is 0 Å². The highest BCUT2D eigenvalue weighted by atomic mass is 32.1. The highest BCUT2D eigenvalue weighted by Gasteiger charge is 2.28. The van der Waals surface area contributed by atoms with Crippen molar-refractivity contribution in [2.45, 2.75) is 58.9 Å². The molecule has 1 N–H and O–H groups in total. The number of hydrogen-bond donors (Lipinski definition) is 1. The van der Waals surface area contributed by atoms with Crippen molar-refractivity contribution in [3.8, 4) is 0 Å². The van der Waals surface area contributed by atoms with Crippen LogP contribution in [0.15, 0.2) is 5.38 Å². The van der Waals surface area contributed by atoms with Crippen molar-refractivity contribution in [3.05, 3.63) is 16.1 Å². The molecule has 0 bridgehead atoms. The monoisotopic (exact) mass is 266 g/mol. The Bertz CT molecular complexity index is 353. The van der Waals surface area contributed by atoms with Gasteiger partial charge in [-0.25, -0.2) is 4.98 Å². The van der Waals surface area contributed by atoms with Crippen LogP contribution in [0, 0.1) is 18.8 Å². The lowest BCUT2D eigenvalue weighted by atomic mass is 9.79. The maximum absolute atomic E-state index is 4.71. The number of nitrogens with one attached hydrogen (secondary N) is 1. The lowest BCUT2D eigenvalue weighted by molar-refractivity contribution is 0.231. The van der Waals surface area contributed by atoms with Gasteiger partial charge >= 0.3 is 0 Å². The summed E-state index contributed by atoms with van der Waals surface area (Å²) in [5.74, 6) is 1.71. The van der Waals surface area contributed by atoms with E-state index in [9.17, 15) is 0 Å². The van der Waals surface area contributed by atoms with Crippen LogP contribution in [0.25, 0.3) is 0 Å². The summed E-state index contributed by atoms with van der Waals surface area (Å²) >= 11 is 1.83. The van der Waals surface area contributed by atoms with Crippen LogP contribution >= 0.6 is 11.3 Å². The van der Waals surface area contributed by atoms with E-state index < -0.39 is 0 Å². The predicted octanol–water partition coefficient (Wildman–Crippen LogP) is 4.32. The first-order valence-electron chi connectivity index (χ1n) is 7.36. The Morgan fingerprint density at radius 3 is 2.67 bits per heavy atom. The van der Waals surface area contributed by atoms with Gasteiger partial charge in [0.2, 0.25) is 0 Å². The van der Waals surface area contributed by atoms with Gasteiger partial charge in [0.25, 0.3) is 0 Å². The van der Waals surface area contributed by atoms with E-state index in [0.717, 1.165) is 18.4 Å². The van der Waals surface area contributed by atoms with E-state index in [1.165, 1.54) is 42.8 Å². The maximum atomic E-state index is 4.71. The quantitative estimate of drug-likeness (QED) is 0.858. The van der Waals surface area contributed by atoms with Gasteiger partial charge in [-0.15, -0.1) is 11.3 Å². The van der Waals surface area contributed by atoms with Crippen LogP contribution in [0.2, 0.25) is 0 Å². The Balaban J connectivity index is 2.04. The van der Waals surface area contributed by atoms with Gasteiger partial charge < -0.3 is 5.32 Å². The fraction of sp³-hybridized carbons (Fsp3) is 0.800. The van der Waals surface area contributed by atoms with E-state index in [0.29, 0.717) is 6.04 Å². The summed E-state index contributed by atoms with van der Waals surface area (Å²) in [7, 11) is 0. The molecule has 0 radical (unpaired) electrons. The molecule has 2 rings (SSSR count). The number of aromatic nitrogens is 1. The van der Waals surface area contributed by atoms with Crippen LogP contribution in [0.1, 0.15) is 62.7 Å². The molecule has 1 aliphatic carbocycles. The molecule has 1 aromatic heterocycles. The molecular formula is C15H26N2S. The van der Waals surface area contributed by atoms with Crippen LogP contribution in [-0.4, -0.2) is 11.5 Å². The van der Waals surface area contributed by atoms with Gasteiger partial charge in [-0.05, 0) is 44.6 Å². The number of hydrogen-bond acceptors (Lipinski definition) is 3. The van der Waals surface area contributed by atoms with Crippen molar-refractivity contribution in [1.82, 2.24) is 10.3 Å². The van der Waals surface area contributed by atoms with Crippen LogP contribution in [0.5, 0.6) is 0 Å². The molecule has 0 amide bonds. The van der Waals surface area contributed by atoms with Gasteiger partial charge in [0, 0.05) is 11.1 Å². The molecule has 1 aromatic rings. The summed E-state index contributed by atoms with van der Waals surface area (Å²) < 4.78 is 0. The molecular weight excluding hydrogens is 240 g/mol. The molecule has 0 aliphatic heterocycles. The molecule has 0 spiro atoms. The number of nitrogens with zero attached hydrogens (tertiary/aromatic N) is 1. The zero-order chi connectivity index (χ0) is 13.0. The third kappa shape index (κ3) is 3.55. The molecule has 0 aromatic carbocycles. The van der Waals surface area contributed by atoms with Crippen molar-refractivity contribution in [2.75, 3.05) is 6.54 Å². The molecule has 18 heavy (non-hydrogen) atoms. The van der Waals surface area contributed by atoms with Gasteiger partial charge in [0.05, 0.1) is 6.04 Å². The summed E-state index contributed by atoms with van der Waals surface area (Å²) in [6.45, 7) is 7.83. The summed E-state index contributed by atoms with van der Waals surface area (Å²) in [4.78, 5) is 4.71. The molecule has 102 valence electrons. The van der Waals surface area contributed by atoms with E-state index in [1.807, 2.05) is 11.3 Å². The zero-order valence-electron chi connectivity index (χ0n) is 11.9. The Hall–Kier alpha value is -0.410. The minimum atomic E-state index is 0.496. The van der Waals surface area contributed by atoms with Crippen LogP contribution < -0.4 is 5.32 Å². The molecule has 0 saturated heterocycles. The van der Waals surface area contributed by atoms with Gasteiger partial charge in [-0.1, -0.05) is 26.7 Å². The smallest absolute Gasteiger partial charge is 0.110 e. The van der Waals surface area contributed by atoms with Gasteiger partial charge in [-0.2, -0.15) is 0 Å². The third-order valence-corrected chi connectivity index (χ3v) is 5.09. The van der Waals surface area contributed by atoms with Crippen LogP contribution in [0.3, 0.4) is 0 Å². The van der Waals surface area contributed by atoms with Gasteiger partial charge in [-0.3, -0.25) is 0 Å². The van der Waals surface area contributed by atoms with Gasteiger partial charge in [0.15, 0.2) is 0 Å². The van der Waals surface area contributed by atoms with Gasteiger partial charge in [0.1, 0.15) is 5.01 Å². The topological polar surface area (TPSA) is 24.9 Å². The Labute approximate surface area is 115 Å². The summed E-state index contributed by atoms with van der Waals surface area (Å²) in [6.07, 6.45) is 6.70. The largest absolute Gasteiger partial charge is 0.308 e. The lowest BCUT2D eigenvalue weighted by Gasteiger charge is -2.32. The number of aryl methyl sites for hydroxylation is 1. The molecule has 3 heteroatoms. The average molecular weight is 266 g/mol. The summed E-state index contributed by atoms with van der Waals surface area (Å²) in [5.41, 5.74) is 1.17. The first kappa shape index (κ1) is 14.0. The Morgan fingerprint density at radius 2 is 2.11 bits per heavy atom. The highest BCUT2D eigenvalue weighted by molar-refractivity contribution is 7.09. The summed E-state index contributed by atoms with van der Waals surface area (Å²) in [5, 5.41) is 7.22. The second-order valence-electron chi connectivity index (χ2n) is 5.78. The second kappa shape index (κ2) is 6.67. The Kier molecular flexibility index (Phi) is 5.19. The molecule has 2 nitrogen and oxygen atoms in total. The highest BCUT2D eigenvalue weighted by Crippen LogP contribution is 2.37. The first-order valence-corrected chi connectivity index (χ1v) is 8.24. The second-order valence-corrected chi connectivity index (χ2v) is 6.67. The molecule has 1 unspecified atom stereocenters. The maximum Gasteiger partial charge on any atom is 0.110 e. The molecule has 1 aliphatic rings. The predicted molar refractivity (Wildman–Crippen MR) is 79.0 cm³/mol.